The summed E-state index contributed by atoms with van der Waals surface area (Å²) in [6.07, 6.45) is 6.38. The molecule has 1 aliphatic heterocycles. The summed E-state index contributed by atoms with van der Waals surface area (Å²) in [5.74, 6) is 0.0375. The van der Waals surface area contributed by atoms with Gasteiger partial charge in [-0.2, -0.15) is 0 Å². The molecule has 2 unspecified atom stereocenters. The molecular weight excluding hydrogens is 242 g/mol. The van der Waals surface area contributed by atoms with Crippen molar-refractivity contribution in [2.45, 2.75) is 51.5 Å². The first-order chi connectivity index (χ1) is 9.05. The number of carbonyl (C=O) groups is 1. The molecule has 2 fully saturated rings. The second-order valence-corrected chi connectivity index (χ2v) is 6.44. The van der Waals surface area contributed by atoms with Crippen molar-refractivity contribution in [1.82, 2.24) is 4.90 Å². The van der Waals surface area contributed by atoms with Crippen LogP contribution in [0, 0.1) is 11.3 Å². The lowest BCUT2D eigenvalue weighted by atomic mass is 9.78. The van der Waals surface area contributed by atoms with E-state index in [9.17, 15) is 9.90 Å². The monoisotopic (exact) mass is 269 g/mol. The Bertz CT molecular complexity index is 313. The maximum atomic E-state index is 11.7. The average molecular weight is 269 g/mol. The summed E-state index contributed by atoms with van der Waals surface area (Å²) < 4.78 is 5.34. The second-order valence-electron chi connectivity index (χ2n) is 6.44. The van der Waals surface area contributed by atoms with Gasteiger partial charge >= 0.3 is 5.97 Å². The number of carboxylic acid groups (broad SMARTS) is 1. The van der Waals surface area contributed by atoms with Crippen molar-refractivity contribution in [3.05, 3.63) is 0 Å². The van der Waals surface area contributed by atoms with E-state index in [0.717, 1.165) is 0 Å². The van der Waals surface area contributed by atoms with Gasteiger partial charge in [0, 0.05) is 25.8 Å². The van der Waals surface area contributed by atoms with Crippen LogP contribution in [0.1, 0.15) is 45.4 Å². The maximum Gasteiger partial charge on any atom is 0.311 e. The van der Waals surface area contributed by atoms with E-state index in [0.29, 0.717) is 44.6 Å². The fraction of sp³-hybridized carbons (Fsp3) is 0.933. The van der Waals surface area contributed by atoms with Gasteiger partial charge < -0.3 is 14.7 Å². The number of hydrogen-bond donors (Lipinski definition) is 1. The Kier molecular flexibility index (Phi) is 4.85. The zero-order valence-corrected chi connectivity index (χ0v) is 12.2. The molecule has 0 aromatic carbocycles. The fourth-order valence-corrected chi connectivity index (χ4v) is 3.75. The molecule has 2 atom stereocenters. The van der Waals surface area contributed by atoms with Crippen molar-refractivity contribution >= 4 is 5.97 Å². The highest BCUT2D eigenvalue weighted by Crippen LogP contribution is 2.35. The molecule has 4 heteroatoms. The Balaban J connectivity index is 2.02. The van der Waals surface area contributed by atoms with E-state index < -0.39 is 11.4 Å². The van der Waals surface area contributed by atoms with Crippen LogP contribution >= 0.6 is 0 Å². The first kappa shape index (κ1) is 14.8. The van der Waals surface area contributed by atoms with Crippen molar-refractivity contribution in [3.63, 3.8) is 0 Å². The van der Waals surface area contributed by atoms with Crippen LogP contribution in [0.2, 0.25) is 0 Å². The molecule has 2 rings (SSSR count). The van der Waals surface area contributed by atoms with Gasteiger partial charge in [-0.1, -0.05) is 19.8 Å². The molecule has 0 spiro atoms. The van der Waals surface area contributed by atoms with Crippen LogP contribution < -0.4 is 0 Å². The SMILES string of the molecule is CC1CCCCC1N(C)CC1(C(=O)O)CCOCC1. The molecule has 0 aromatic rings. The van der Waals surface area contributed by atoms with Gasteiger partial charge in [0.1, 0.15) is 0 Å². The van der Waals surface area contributed by atoms with Gasteiger partial charge in [0.15, 0.2) is 0 Å². The summed E-state index contributed by atoms with van der Waals surface area (Å²) in [7, 11) is 2.10. The van der Waals surface area contributed by atoms with Crippen LogP contribution in [0.15, 0.2) is 0 Å². The summed E-state index contributed by atoms with van der Waals surface area (Å²) in [6.45, 7) is 4.14. The summed E-state index contributed by atoms with van der Waals surface area (Å²) in [6, 6.07) is 0.549. The lowest BCUT2D eigenvalue weighted by molar-refractivity contribution is -0.157. The van der Waals surface area contributed by atoms with Gasteiger partial charge in [-0.25, -0.2) is 0 Å². The predicted octanol–water partition coefficient (Wildman–Crippen LogP) is 2.38. The lowest BCUT2D eigenvalue weighted by Crippen LogP contribution is -2.50. The molecule has 0 radical (unpaired) electrons. The molecule has 1 N–H and O–H groups in total. The summed E-state index contributed by atoms with van der Waals surface area (Å²) >= 11 is 0. The zero-order chi connectivity index (χ0) is 13.9. The number of nitrogens with zero attached hydrogens (tertiary/aromatic N) is 1. The quantitative estimate of drug-likeness (QED) is 0.851. The normalized spacial score (nSPS) is 31.3. The molecule has 1 aliphatic carbocycles. The van der Waals surface area contributed by atoms with Gasteiger partial charge in [-0.3, -0.25) is 4.79 Å². The van der Waals surface area contributed by atoms with E-state index in [4.69, 9.17) is 4.74 Å². The van der Waals surface area contributed by atoms with Gasteiger partial charge in [-0.15, -0.1) is 0 Å². The van der Waals surface area contributed by atoms with Crippen LogP contribution in [-0.4, -0.2) is 48.8 Å². The second kappa shape index (κ2) is 6.23. The standard InChI is InChI=1S/C15H27NO3/c1-12-5-3-4-6-13(12)16(2)11-15(14(17)18)7-9-19-10-8-15/h12-13H,3-11H2,1-2H3,(H,17,18). The first-order valence-corrected chi connectivity index (χ1v) is 7.56. The minimum Gasteiger partial charge on any atom is -0.481 e. The summed E-state index contributed by atoms with van der Waals surface area (Å²) in [4.78, 5) is 14.0. The molecular formula is C15H27NO3. The highest BCUT2D eigenvalue weighted by atomic mass is 16.5. The molecule has 0 amide bonds. The van der Waals surface area contributed by atoms with Crippen molar-refractivity contribution in [3.8, 4) is 0 Å². The largest absolute Gasteiger partial charge is 0.481 e. The third-order valence-corrected chi connectivity index (χ3v) is 5.09. The molecule has 19 heavy (non-hydrogen) atoms. The number of aliphatic carboxylic acids is 1. The Labute approximate surface area is 116 Å². The number of ether oxygens (including phenoxy) is 1. The molecule has 110 valence electrons. The van der Waals surface area contributed by atoms with E-state index in [-0.39, 0.29) is 0 Å². The predicted molar refractivity (Wildman–Crippen MR) is 74.2 cm³/mol. The van der Waals surface area contributed by atoms with Crippen LogP contribution in [0.25, 0.3) is 0 Å². The van der Waals surface area contributed by atoms with Crippen LogP contribution in [0.3, 0.4) is 0 Å². The first-order valence-electron chi connectivity index (χ1n) is 7.56. The number of hydrogen-bond acceptors (Lipinski definition) is 3. The maximum absolute atomic E-state index is 11.7. The van der Waals surface area contributed by atoms with Gasteiger partial charge in [0.25, 0.3) is 0 Å². The van der Waals surface area contributed by atoms with Crippen molar-refractivity contribution < 1.29 is 14.6 Å². The van der Waals surface area contributed by atoms with Crippen LogP contribution in [0.5, 0.6) is 0 Å². The van der Waals surface area contributed by atoms with Gasteiger partial charge in [-0.05, 0) is 38.6 Å². The zero-order valence-electron chi connectivity index (χ0n) is 12.2. The third kappa shape index (κ3) is 3.29. The van der Waals surface area contributed by atoms with E-state index in [1.54, 1.807) is 0 Å². The minimum atomic E-state index is -0.647. The molecule has 4 nitrogen and oxygen atoms in total. The minimum absolute atomic E-state index is 0.549. The summed E-state index contributed by atoms with van der Waals surface area (Å²) in [5, 5.41) is 9.62. The smallest absolute Gasteiger partial charge is 0.311 e. The Morgan fingerprint density at radius 2 is 1.95 bits per heavy atom. The van der Waals surface area contributed by atoms with Crippen molar-refractivity contribution in [2.24, 2.45) is 11.3 Å². The van der Waals surface area contributed by atoms with E-state index in [1.807, 2.05) is 0 Å². The van der Waals surface area contributed by atoms with E-state index >= 15 is 0 Å². The third-order valence-electron chi connectivity index (χ3n) is 5.09. The fourth-order valence-electron chi connectivity index (χ4n) is 3.75. The topological polar surface area (TPSA) is 49.8 Å². The van der Waals surface area contributed by atoms with Gasteiger partial charge in [0.2, 0.25) is 0 Å². The average Bonchev–Trinajstić information content (AvgIpc) is 2.40. The number of carboxylic acids is 1. The lowest BCUT2D eigenvalue weighted by Gasteiger charge is -2.42. The Morgan fingerprint density at radius 3 is 2.53 bits per heavy atom. The molecule has 0 bridgehead atoms. The highest BCUT2D eigenvalue weighted by Gasteiger charge is 2.42. The molecule has 2 aliphatic rings. The number of rotatable bonds is 4. The molecule has 1 heterocycles. The molecule has 1 saturated carbocycles. The highest BCUT2D eigenvalue weighted by molar-refractivity contribution is 5.75. The van der Waals surface area contributed by atoms with Crippen molar-refractivity contribution in [1.29, 1.82) is 0 Å². The van der Waals surface area contributed by atoms with E-state index in [1.165, 1.54) is 25.7 Å². The Hall–Kier alpha value is -0.610. The molecule has 0 aromatic heterocycles. The molecule has 1 saturated heterocycles. The van der Waals surface area contributed by atoms with Crippen molar-refractivity contribution in [2.75, 3.05) is 26.8 Å². The van der Waals surface area contributed by atoms with Crippen LogP contribution in [0.4, 0.5) is 0 Å². The summed E-state index contributed by atoms with van der Waals surface area (Å²) in [5.41, 5.74) is -0.593. The van der Waals surface area contributed by atoms with Crippen LogP contribution in [-0.2, 0) is 9.53 Å². The van der Waals surface area contributed by atoms with E-state index in [2.05, 4.69) is 18.9 Å². The van der Waals surface area contributed by atoms with Gasteiger partial charge in [0.05, 0.1) is 5.41 Å². The Morgan fingerprint density at radius 1 is 1.32 bits per heavy atom.